The van der Waals surface area contributed by atoms with Crippen LogP contribution in [-0.2, 0) is 0 Å². The molecule has 3 rings (SSSR count). The van der Waals surface area contributed by atoms with E-state index >= 15 is 0 Å². The van der Waals surface area contributed by atoms with Crippen molar-refractivity contribution in [2.75, 3.05) is 0 Å². The summed E-state index contributed by atoms with van der Waals surface area (Å²) in [5.74, 6) is 0.820. The van der Waals surface area contributed by atoms with E-state index in [4.69, 9.17) is 0 Å². The third-order valence-corrected chi connectivity index (χ3v) is 3.78. The number of aliphatic hydroxyl groups is 1. The molecule has 0 amide bonds. The first kappa shape index (κ1) is 10.3. The van der Waals surface area contributed by atoms with Gasteiger partial charge in [-0.1, -0.05) is 30.3 Å². The molecule has 2 N–H and O–H groups in total. The lowest BCUT2D eigenvalue weighted by atomic mass is 9.87. The minimum atomic E-state index is -0.0619. The Morgan fingerprint density at radius 2 is 1.81 bits per heavy atom. The Labute approximate surface area is 96.7 Å². The van der Waals surface area contributed by atoms with Crippen molar-refractivity contribution < 1.29 is 5.11 Å². The van der Waals surface area contributed by atoms with Crippen molar-refractivity contribution in [3.63, 3.8) is 0 Å². The van der Waals surface area contributed by atoms with Gasteiger partial charge in [-0.25, -0.2) is 0 Å². The van der Waals surface area contributed by atoms with Crippen LogP contribution >= 0.6 is 0 Å². The molecule has 2 aliphatic rings. The lowest BCUT2D eigenvalue weighted by molar-refractivity contribution is 0.0563. The fourth-order valence-corrected chi connectivity index (χ4v) is 2.57. The van der Waals surface area contributed by atoms with Crippen LogP contribution < -0.4 is 5.32 Å². The Hall–Kier alpha value is -0.860. The Kier molecular flexibility index (Phi) is 2.70. The molecule has 2 saturated carbocycles. The van der Waals surface area contributed by atoms with E-state index in [1.165, 1.54) is 18.4 Å². The molecule has 16 heavy (non-hydrogen) atoms. The van der Waals surface area contributed by atoms with Gasteiger partial charge < -0.3 is 10.4 Å². The monoisotopic (exact) mass is 217 g/mol. The summed E-state index contributed by atoms with van der Waals surface area (Å²) in [6.07, 6.45) is 4.49. The lowest BCUT2D eigenvalue weighted by Gasteiger charge is -2.35. The average molecular weight is 217 g/mol. The summed E-state index contributed by atoms with van der Waals surface area (Å²) in [6, 6.07) is 11.8. The van der Waals surface area contributed by atoms with Crippen molar-refractivity contribution in [3.8, 4) is 0 Å². The van der Waals surface area contributed by atoms with Crippen LogP contribution in [0, 0.1) is 5.92 Å². The molecule has 0 aliphatic heterocycles. The molecule has 1 unspecified atom stereocenters. The second-order valence-corrected chi connectivity index (χ2v) is 5.21. The number of nitrogens with one attached hydrogen (secondary N) is 1. The second kappa shape index (κ2) is 4.19. The number of benzene rings is 1. The Balaban J connectivity index is 1.67. The molecule has 2 aliphatic carbocycles. The van der Waals surface area contributed by atoms with E-state index in [0.29, 0.717) is 12.1 Å². The van der Waals surface area contributed by atoms with E-state index in [1.807, 2.05) is 0 Å². The summed E-state index contributed by atoms with van der Waals surface area (Å²) in [6.45, 7) is 0. The molecule has 0 bridgehead atoms. The van der Waals surface area contributed by atoms with Crippen LogP contribution in [0.1, 0.15) is 37.3 Å². The number of aliphatic hydroxyl groups excluding tert-OH is 1. The summed E-state index contributed by atoms with van der Waals surface area (Å²) in [5, 5.41) is 13.0. The summed E-state index contributed by atoms with van der Waals surface area (Å²) in [7, 11) is 0. The van der Waals surface area contributed by atoms with Crippen molar-refractivity contribution in [2.45, 2.75) is 43.9 Å². The molecule has 1 atom stereocenters. The first-order valence-electron chi connectivity index (χ1n) is 6.32. The first-order valence-corrected chi connectivity index (χ1v) is 6.32. The first-order chi connectivity index (χ1) is 7.83. The number of hydrogen-bond donors (Lipinski definition) is 2. The molecule has 2 heteroatoms. The maximum absolute atomic E-state index is 9.32. The van der Waals surface area contributed by atoms with Gasteiger partial charge in [0.2, 0.25) is 0 Å². The van der Waals surface area contributed by atoms with Crippen molar-refractivity contribution in [1.29, 1.82) is 0 Å². The maximum atomic E-state index is 9.32. The highest BCUT2D eigenvalue weighted by molar-refractivity contribution is 5.21. The van der Waals surface area contributed by atoms with E-state index in [0.717, 1.165) is 18.8 Å². The summed E-state index contributed by atoms with van der Waals surface area (Å²) in [5.41, 5.74) is 1.41. The van der Waals surface area contributed by atoms with E-state index in [2.05, 4.69) is 35.6 Å². The van der Waals surface area contributed by atoms with Crippen molar-refractivity contribution in [2.24, 2.45) is 5.92 Å². The van der Waals surface area contributed by atoms with Crippen LogP contribution in [0.2, 0.25) is 0 Å². The zero-order valence-corrected chi connectivity index (χ0v) is 9.47. The van der Waals surface area contributed by atoms with Gasteiger partial charge in [-0.05, 0) is 37.2 Å². The molecular formula is C14H19NO. The zero-order chi connectivity index (χ0) is 11.0. The standard InChI is InChI=1S/C14H19NO/c16-13-8-12(9-13)15-14(11-6-7-11)10-4-2-1-3-5-10/h1-5,11-16H,6-9H2. The minimum absolute atomic E-state index is 0.0619. The summed E-state index contributed by atoms with van der Waals surface area (Å²) < 4.78 is 0. The van der Waals surface area contributed by atoms with E-state index in [9.17, 15) is 5.11 Å². The van der Waals surface area contributed by atoms with Gasteiger partial charge in [0.1, 0.15) is 0 Å². The fourth-order valence-electron chi connectivity index (χ4n) is 2.57. The predicted octanol–water partition coefficient (Wildman–Crippen LogP) is 2.25. The van der Waals surface area contributed by atoms with Crippen molar-refractivity contribution in [3.05, 3.63) is 35.9 Å². The maximum Gasteiger partial charge on any atom is 0.0570 e. The van der Waals surface area contributed by atoms with Gasteiger partial charge in [0, 0.05) is 12.1 Å². The Morgan fingerprint density at radius 3 is 2.38 bits per heavy atom. The molecule has 0 aromatic heterocycles. The third-order valence-electron chi connectivity index (χ3n) is 3.78. The zero-order valence-electron chi connectivity index (χ0n) is 9.47. The van der Waals surface area contributed by atoms with Crippen LogP contribution in [0.15, 0.2) is 30.3 Å². The second-order valence-electron chi connectivity index (χ2n) is 5.21. The average Bonchev–Trinajstić information content (AvgIpc) is 3.08. The van der Waals surface area contributed by atoms with E-state index < -0.39 is 0 Å². The molecule has 1 aromatic carbocycles. The van der Waals surface area contributed by atoms with Gasteiger partial charge >= 0.3 is 0 Å². The van der Waals surface area contributed by atoms with Crippen LogP contribution in [-0.4, -0.2) is 17.3 Å². The Morgan fingerprint density at radius 1 is 1.12 bits per heavy atom. The van der Waals surface area contributed by atoms with E-state index in [-0.39, 0.29) is 6.10 Å². The predicted molar refractivity (Wildman–Crippen MR) is 64.1 cm³/mol. The van der Waals surface area contributed by atoms with Gasteiger partial charge in [0.25, 0.3) is 0 Å². The highest BCUT2D eigenvalue weighted by Crippen LogP contribution is 2.42. The van der Waals surface area contributed by atoms with Gasteiger partial charge in [-0.15, -0.1) is 0 Å². The van der Waals surface area contributed by atoms with Gasteiger partial charge in [-0.2, -0.15) is 0 Å². The normalized spacial score (nSPS) is 30.8. The van der Waals surface area contributed by atoms with Crippen LogP contribution in [0.3, 0.4) is 0 Å². The summed E-state index contributed by atoms with van der Waals surface area (Å²) in [4.78, 5) is 0. The highest BCUT2D eigenvalue weighted by atomic mass is 16.3. The molecule has 0 radical (unpaired) electrons. The SMILES string of the molecule is OC1CC(NC(c2ccccc2)C2CC2)C1. The van der Waals surface area contributed by atoms with Gasteiger partial charge in [0.05, 0.1) is 6.10 Å². The molecule has 1 aromatic rings. The number of hydrogen-bond acceptors (Lipinski definition) is 2. The fraction of sp³-hybridized carbons (Fsp3) is 0.571. The molecule has 86 valence electrons. The minimum Gasteiger partial charge on any atom is -0.393 e. The van der Waals surface area contributed by atoms with Crippen molar-refractivity contribution in [1.82, 2.24) is 5.32 Å². The van der Waals surface area contributed by atoms with E-state index in [1.54, 1.807) is 0 Å². The van der Waals surface area contributed by atoms with Crippen LogP contribution in [0.5, 0.6) is 0 Å². The highest BCUT2D eigenvalue weighted by Gasteiger charge is 2.36. The largest absolute Gasteiger partial charge is 0.393 e. The molecule has 2 nitrogen and oxygen atoms in total. The molecule has 2 fully saturated rings. The number of rotatable bonds is 4. The van der Waals surface area contributed by atoms with Crippen LogP contribution in [0.4, 0.5) is 0 Å². The van der Waals surface area contributed by atoms with Crippen LogP contribution in [0.25, 0.3) is 0 Å². The topological polar surface area (TPSA) is 32.3 Å². The lowest BCUT2D eigenvalue weighted by Crippen LogP contribution is -2.46. The quantitative estimate of drug-likeness (QED) is 0.810. The smallest absolute Gasteiger partial charge is 0.0570 e. The van der Waals surface area contributed by atoms with Gasteiger partial charge in [-0.3, -0.25) is 0 Å². The molecular weight excluding hydrogens is 198 g/mol. The third kappa shape index (κ3) is 2.13. The van der Waals surface area contributed by atoms with Crippen molar-refractivity contribution >= 4 is 0 Å². The molecule has 0 spiro atoms. The molecule has 0 saturated heterocycles. The molecule has 0 heterocycles. The van der Waals surface area contributed by atoms with Gasteiger partial charge in [0.15, 0.2) is 0 Å². The Bertz CT molecular complexity index is 341. The summed E-state index contributed by atoms with van der Waals surface area (Å²) >= 11 is 0.